The maximum absolute atomic E-state index is 13.2. The van der Waals surface area contributed by atoms with Gasteiger partial charge in [-0.15, -0.1) is 0 Å². The lowest BCUT2D eigenvalue weighted by Crippen LogP contribution is -2.47. The van der Waals surface area contributed by atoms with Gasteiger partial charge in [-0.05, 0) is 51.1 Å². The summed E-state index contributed by atoms with van der Waals surface area (Å²) in [5.41, 5.74) is -0.634. The molecule has 1 amide bonds. The van der Waals surface area contributed by atoms with Gasteiger partial charge in [0.25, 0.3) is 0 Å². The molecule has 8 heteroatoms. The van der Waals surface area contributed by atoms with Crippen molar-refractivity contribution in [2.45, 2.75) is 32.0 Å². The Kier molecular flexibility index (Phi) is 6.83. The number of halogens is 4. The van der Waals surface area contributed by atoms with Gasteiger partial charge < -0.3 is 5.32 Å². The highest BCUT2D eigenvalue weighted by molar-refractivity contribution is 6.30. The fourth-order valence-electron chi connectivity index (χ4n) is 3.65. The Morgan fingerprint density at radius 3 is 2.33 bits per heavy atom. The zero-order chi connectivity index (χ0) is 21.9. The number of carbonyl (C=O) groups excluding carboxylic acids is 2. The molecule has 1 unspecified atom stereocenters. The molecular formula is C22H22ClF3N2O2. The van der Waals surface area contributed by atoms with Crippen molar-refractivity contribution in [2.24, 2.45) is 5.92 Å². The summed E-state index contributed by atoms with van der Waals surface area (Å²) in [6, 6.07) is 11.7. The van der Waals surface area contributed by atoms with Crippen LogP contribution in [0.25, 0.3) is 0 Å². The minimum Gasteiger partial charge on any atom is -0.324 e. The quantitative estimate of drug-likeness (QED) is 0.646. The summed E-state index contributed by atoms with van der Waals surface area (Å²) in [5, 5.41) is 2.32. The van der Waals surface area contributed by atoms with Gasteiger partial charge in [0, 0.05) is 16.5 Å². The number of nitrogens with one attached hydrogen (secondary N) is 1. The first kappa shape index (κ1) is 22.3. The number of amides is 1. The molecule has 3 rings (SSSR count). The number of hydrogen-bond acceptors (Lipinski definition) is 3. The van der Waals surface area contributed by atoms with Gasteiger partial charge >= 0.3 is 6.18 Å². The van der Waals surface area contributed by atoms with Gasteiger partial charge in [0.05, 0.1) is 17.3 Å². The summed E-state index contributed by atoms with van der Waals surface area (Å²) in [5.74, 6) is -0.564. The number of carbonyl (C=O) groups is 2. The van der Waals surface area contributed by atoms with Gasteiger partial charge in [-0.2, -0.15) is 13.2 Å². The Balaban J connectivity index is 1.61. The second-order valence-corrected chi connectivity index (χ2v) is 7.83. The number of nitrogens with zero attached hydrogens (tertiary/aromatic N) is 1. The fraction of sp³-hybridized carbons (Fsp3) is 0.364. The average Bonchev–Trinajstić information content (AvgIpc) is 2.74. The van der Waals surface area contributed by atoms with Gasteiger partial charge in [0.2, 0.25) is 5.91 Å². The monoisotopic (exact) mass is 438 g/mol. The Morgan fingerprint density at radius 2 is 1.73 bits per heavy atom. The van der Waals surface area contributed by atoms with Gasteiger partial charge in [-0.3, -0.25) is 14.5 Å². The van der Waals surface area contributed by atoms with Crippen LogP contribution in [0.15, 0.2) is 48.5 Å². The molecule has 1 fully saturated rings. The van der Waals surface area contributed by atoms with E-state index in [1.165, 1.54) is 6.07 Å². The molecule has 0 aromatic heterocycles. The van der Waals surface area contributed by atoms with Gasteiger partial charge in [-0.1, -0.05) is 41.9 Å². The highest BCUT2D eigenvalue weighted by Gasteiger charge is 2.35. The first-order chi connectivity index (χ1) is 14.2. The van der Waals surface area contributed by atoms with Crippen molar-refractivity contribution in [1.82, 2.24) is 4.90 Å². The van der Waals surface area contributed by atoms with Crippen LogP contribution >= 0.6 is 11.6 Å². The molecule has 160 valence electrons. The zero-order valence-corrected chi connectivity index (χ0v) is 17.1. The molecule has 1 aliphatic rings. The number of ketones is 1. The topological polar surface area (TPSA) is 49.4 Å². The van der Waals surface area contributed by atoms with Crippen molar-refractivity contribution in [3.05, 3.63) is 64.7 Å². The zero-order valence-electron chi connectivity index (χ0n) is 16.4. The number of Topliss-reactive ketones (excluding diaryl/α,β-unsaturated/α-hetero) is 1. The summed E-state index contributed by atoms with van der Waals surface area (Å²) >= 11 is 5.68. The lowest BCUT2D eigenvalue weighted by atomic mass is 9.88. The van der Waals surface area contributed by atoms with Crippen molar-refractivity contribution < 1.29 is 22.8 Å². The molecule has 0 saturated carbocycles. The molecular weight excluding hydrogens is 417 g/mol. The maximum atomic E-state index is 13.2. The number of likely N-dealkylation sites (tertiary alicyclic amines) is 1. The van der Waals surface area contributed by atoms with Crippen LogP contribution in [0, 0.1) is 5.92 Å². The van der Waals surface area contributed by atoms with Crippen LogP contribution in [-0.2, 0) is 11.0 Å². The number of rotatable bonds is 5. The fourth-order valence-corrected chi connectivity index (χ4v) is 3.82. The lowest BCUT2D eigenvalue weighted by Gasteiger charge is -2.35. The van der Waals surface area contributed by atoms with E-state index in [0.717, 1.165) is 12.1 Å². The molecule has 1 heterocycles. The summed E-state index contributed by atoms with van der Waals surface area (Å²) in [6.45, 7) is 2.69. The van der Waals surface area contributed by atoms with Gasteiger partial charge in [0.15, 0.2) is 5.78 Å². The van der Waals surface area contributed by atoms with Crippen LogP contribution in [0.1, 0.15) is 35.7 Å². The number of piperidine rings is 1. The molecule has 2 aromatic carbocycles. The maximum Gasteiger partial charge on any atom is 0.418 e. The Hall–Kier alpha value is -2.38. The Labute approximate surface area is 178 Å². The van der Waals surface area contributed by atoms with Crippen LogP contribution in [0.2, 0.25) is 5.02 Å². The standard InChI is InChI=1S/C22H22ClF3N2O2/c1-14(21(30)27-19-8-7-17(23)13-18(19)22(24,25)26)28-11-9-16(10-12-28)20(29)15-5-3-2-4-6-15/h2-8,13-14,16H,9-12H2,1H3,(H,27,30). The SMILES string of the molecule is CC(C(=O)Nc1ccc(Cl)cc1C(F)(F)F)N1CCC(C(=O)c2ccccc2)CC1. The summed E-state index contributed by atoms with van der Waals surface area (Å²) in [4.78, 5) is 27.1. The van der Waals surface area contributed by atoms with Gasteiger partial charge in [-0.25, -0.2) is 0 Å². The average molecular weight is 439 g/mol. The van der Waals surface area contributed by atoms with Crippen LogP contribution < -0.4 is 5.32 Å². The summed E-state index contributed by atoms with van der Waals surface area (Å²) in [7, 11) is 0. The smallest absolute Gasteiger partial charge is 0.324 e. The minimum atomic E-state index is -4.63. The van der Waals surface area contributed by atoms with Crippen molar-refractivity contribution in [2.75, 3.05) is 18.4 Å². The van der Waals surface area contributed by atoms with E-state index in [9.17, 15) is 22.8 Å². The van der Waals surface area contributed by atoms with E-state index in [1.54, 1.807) is 19.1 Å². The van der Waals surface area contributed by atoms with Crippen LogP contribution in [-0.4, -0.2) is 35.7 Å². The van der Waals surface area contributed by atoms with E-state index in [1.807, 2.05) is 23.1 Å². The molecule has 0 spiro atoms. The van der Waals surface area contributed by atoms with E-state index in [2.05, 4.69) is 5.32 Å². The van der Waals surface area contributed by atoms with E-state index in [0.29, 0.717) is 31.5 Å². The minimum absolute atomic E-state index is 0.0569. The normalized spacial score (nSPS) is 16.8. The van der Waals surface area contributed by atoms with Crippen LogP contribution in [0.3, 0.4) is 0 Å². The molecule has 0 radical (unpaired) electrons. The third-order valence-electron chi connectivity index (χ3n) is 5.43. The van der Waals surface area contributed by atoms with Crippen molar-refractivity contribution in [1.29, 1.82) is 0 Å². The lowest BCUT2D eigenvalue weighted by molar-refractivity contribution is -0.137. The van der Waals surface area contributed by atoms with Crippen molar-refractivity contribution >= 4 is 29.0 Å². The second kappa shape index (κ2) is 9.18. The number of benzene rings is 2. The van der Waals surface area contributed by atoms with E-state index < -0.39 is 23.7 Å². The molecule has 30 heavy (non-hydrogen) atoms. The molecule has 1 aliphatic heterocycles. The van der Waals surface area contributed by atoms with Crippen LogP contribution in [0.5, 0.6) is 0 Å². The van der Waals surface area contributed by atoms with Gasteiger partial charge in [0.1, 0.15) is 0 Å². The molecule has 4 nitrogen and oxygen atoms in total. The van der Waals surface area contributed by atoms with E-state index in [-0.39, 0.29) is 22.4 Å². The molecule has 0 bridgehead atoms. The Bertz CT molecular complexity index is 910. The highest BCUT2D eigenvalue weighted by Crippen LogP contribution is 2.36. The largest absolute Gasteiger partial charge is 0.418 e. The predicted octanol–water partition coefficient (Wildman–Crippen LogP) is 5.28. The molecule has 2 aromatic rings. The molecule has 1 N–H and O–H groups in total. The first-order valence-electron chi connectivity index (χ1n) is 9.67. The predicted molar refractivity (Wildman–Crippen MR) is 110 cm³/mol. The number of hydrogen-bond donors (Lipinski definition) is 1. The molecule has 1 saturated heterocycles. The van der Waals surface area contributed by atoms with Crippen molar-refractivity contribution in [3.63, 3.8) is 0 Å². The van der Waals surface area contributed by atoms with E-state index >= 15 is 0 Å². The second-order valence-electron chi connectivity index (χ2n) is 7.39. The third-order valence-corrected chi connectivity index (χ3v) is 5.67. The molecule has 1 atom stereocenters. The van der Waals surface area contributed by atoms with Crippen LogP contribution in [0.4, 0.5) is 18.9 Å². The number of anilines is 1. The highest BCUT2D eigenvalue weighted by atomic mass is 35.5. The molecule has 0 aliphatic carbocycles. The first-order valence-corrected chi connectivity index (χ1v) is 10.1. The Morgan fingerprint density at radius 1 is 1.10 bits per heavy atom. The summed E-state index contributed by atoms with van der Waals surface area (Å²) < 4.78 is 39.7. The van der Waals surface area contributed by atoms with Crippen molar-refractivity contribution in [3.8, 4) is 0 Å². The summed E-state index contributed by atoms with van der Waals surface area (Å²) in [6.07, 6.45) is -3.44. The number of alkyl halides is 3. The third kappa shape index (κ3) is 5.21. The van der Waals surface area contributed by atoms with E-state index in [4.69, 9.17) is 11.6 Å².